The van der Waals surface area contributed by atoms with Gasteiger partial charge in [0, 0.05) is 6.42 Å². The Hall–Kier alpha value is -1.84. The minimum absolute atomic E-state index is 0.0132. The third-order valence-corrected chi connectivity index (χ3v) is 7.37. The number of rotatable bonds is 9. The zero-order valence-electron chi connectivity index (χ0n) is 19.4. The van der Waals surface area contributed by atoms with E-state index in [0.717, 1.165) is 56.3 Å². The van der Waals surface area contributed by atoms with Gasteiger partial charge in [0.2, 0.25) is 0 Å². The lowest BCUT2D eigenvalue weighted by Gasteiger charge is -2.37. The third-order valence-electron chi connectivity index (χ3n) is 7.37. The number of benzene rings is 1. The zero-order valence-corrected chi connectivity index (χ0v) is 19.4. The second-order valence-corrected chi connectivity index (χ2v) is 9.65. The SMILES string of the molecule is CCCCC(=O)Oc1ccc(OC(=O)C2CCC(C3CCC(CCC)CC3)CC2)cc1. The molecule has 2 saturated carbocycles. The molecule has 0 aromatic heterocycles. The van der Waals surface area contributed by atoms with E-state index in [1.165, 1.54) is 38.5 Å². The maximum Gasteiger partial charge on any atom is 0.314 e. The van der Waals surface area contributed by atoms with Gasteiger partial charge in [0.1, 0.15) is 11.5 Å². The Bertz CT molecular complexity index is 680. The molecule has 0 aliphatic heterocycles. The second kappa shape index (κ2) is 12.3. The average molecular weight is 429 g/mol. The van der Waals surface area contributed by atoms with Crippen LogP contribution in [-0.2, 0) is 9.59 Å². The van der Waals surface area contributed by atoms with Crippen molar-refractivity contribution in [1.29, 1.82) is 0 Å². The fourth-order valence-corrected chi connectivity index (χ4v) is 5.46. The Morgan fingerprint density at radius 3 is 1.87 bits per heavy atom. The maximum absolute atomic E-state index is 12.6. The Labute approximate surface area is 188 Å². The topological polar surface area (TPSA) is 52.6 Å². The van der Waals surface area contributed by atoms with E-state index in [9.17, 15) is 9.59 Å². The molecule has 0 N–H and O–H groups in total. The fourth-order valence-electron chi connectivity index (χ4n) is 5.46. The van der Waals surface area contributed by atoms with Crippen LogP contribution in [0, 0.1) is 23.7 Å². The highest BCUT2D eigenvalue weighted by Crippen LogP contribution is 2.42. The number of hydrogen-bond donors (Lipinski definition) is 0. The van der Waals surface area contributed by atoms with Gasteiger partial charge in [-0.25, -0.2) is 0 Å². The van der Waals surface area contributed by atoms with Crippen LogP contribution in [0.1, 0.15) is 97.3 Å². The number of esters is 2. The van der Waals surface area contributed by atoms with Gasteiger partial charge in [-0.05, 0) is 87.0 Å². The summed E-state index contributed by atoms with van der Waals surface area (Å²) in [6, 6.07) is 6.80. The molecule has 1 aromatic carbocycles. The summed E-state index contributed by atoms with van der Waals surface area (Å²) < 4.78 is 10.9. The van der Waals surface area contributed by atoms with Crippen molar-refractivity contribution in [2.45, 2.75) is 97.3 Å². The number of carbonyl (C=O) groups excluding carboxylic acids is 2. The van der Waals surface area contributed by atoms with E-state index in [4.69, 9.17) is 9.47 Å². The van der Waals surface area contributed by atoms with Crippen LogP contribution in [0.5, 0.6) is 11.5 Å². The van der Waals surface area contributed by atoms with E-state index in [2.05, 4.69) is 6.92 Å². The normalized spacial score (nSPS) is 26.3. The molecule has 0 saturated heterocycles. The maximum atomic E-state index is 12.6. The van der Waals surface area contributed by atoms with Crippen LogP contribution < -0.4 is 9.47 Å². The largest absolute Gasteiger partial charge is 0.427 e. The summed E-state index contributed by atoms with van der Waals surface area (Å²) >= 11 is 0. The van der Waals surface area contributed by atoms with Gasteiger partial charge in [-0.2, -0.15) is 0 Å². The van der Waals surface area contributed by atoms with Gasteiger partial charge in [-0.1, -0.05) is 46.0 Å². The van der Waals surface area contributed by atoms with E-state index in [0.29, 0.717) is 17.9 Å². The molecule has 0 bridgehead atoms. The van der Waals surface area contributed by atoms with Crippen molar-refractivity contribution in [2.24, 2.45) is 23.7 Å². The molecule has 2 aliphatic carbocycles. The summed E-state index contributed by atoms with van der Waals surface area (Å²) in [7, 11) is 0. The molecular weight excluding hydrogens is 388 g/mol. The number of ether oxygens (including phenoxy) is 2. The molecule has 0 unspecified atom stereocenters. The summed E-state index contributed by atoms with van der Waals surface area (Å²) in [6.45, 7) is 4.34. The fraction of sp³-hybridized carbons (Fsp3) is 0.704. The molecule has 4 nitrogen and oxygen atoms in total. The molecule has 0 amide bonds. The molecule has 31 heavy (non-hydrogen) atoms. The molecule has 0 spiro atoms. The summed E-state index contributed by atoms with van der Waals surface area (Å²) in [5, 5.41) is 0. The van der Waals surface area contributed by atoms with Crippen molar-refractivity contribution in [3.05, 3.63) is 24.3 Å². The minimum Gasteiger partial charge on any atom is -0.427 e. The van der Waals surface area contributed by atoms with E-state index < -0.39 is 0 Å². The Morgan fingerprint density at radius 2 is 1.32 bits per heavy atom. The lowest BCUT2D eigenvalue weighted by atomic mass is 9.69. The van der Waals surface area contributed by atoms with E-state index >= 15 is 0 Å². The summed E-state index contributed by atoms with van der Waals surface area (Å²) in [4.78, 5) is 24.4. The summed E-state index contributed by atoms with van der Waals surface area (Å²) in [6.07, 6.45) is 14.7. The molecule has 0 atom stereocenters. The van der Waals surface area contributed by atoms with Crippen molar-refractivity contribution in [3.63, 3.8) is 0 Å². The van der Waals surface area contributed by atoms with Crippen molar-refractivity contribution in [2.75, 3.05) is 0 Å². The van der Waals surface area contributed by atoms with E-state index in [1.54, 1.807) is 24.3 Å². The first kappa shape index (κ1) is 23.8. The first-order chi connectivity index (χ1) is 15.1. The van der Waals surface area contributed by atoms with Crippen LogP contribution in [0.4, 0.5) is 0 Å². The highest BCUT2D eigenvalue weighted by molar-refractivity contribution is 5.75. The highest BCUT2D eigenvalue weighted by atomic mass is 16.5. The van der Waals surface area contributed by atoms with Gasteiger partial charge in [-0.15, -0.1) is 0 Å². The van der Waals surface area contributed by atoms with Crippen molar-refractivity contribution in [1.82, 2.24) is 0 Å². The van der Waals surface area contributed by atoms with Crippen LogP contribution in [0.2, 0.25) is 0 Å². The molecule has 2 aliphatic rings. The van der Waals surface area contributed by atoms with E-state index in [-0.39, 0.29) is 17.9 Å². The van der Waals surface area contributed by atoms with Gasteiger partial charge in [0.25, 0.3) is 0 Å². The number of hydrogen-bond acceptors (Lipinski definition) is 4. The molecular formula is C27H40O4. The minimum atomic E-state index is -0.220. The van der Waals surface area contributed by atoms with Crippen LogP contribution in [0.15, 0.2) is 24.3 Å². The van der Waals surface area contributed by atoms with Crippen molar-refractivity contribution >= 4 is 11.9 Å². The van der Waals surface area contributed by atoms with Gasteiger partial charge < -0.3 is 9.47 Å². The third kappa shape index (κ3) is 7.36. The van der Waals surface area contributed by atoms with Crippen LogP contribution in [0.25, 0.3) is 0 Å². The lowest BCUT2D eigenvalue weighted by molar-refractivity contribution is -0.140. The Morgan fingerprint density at radius 1 is 0.774 bits per heavy atom. The van der Waals surface area contributed by atoms with Gasteiger partial charge in [0.15, 0.2) is 0 Å². The lowest BCUT2D eigenvalue weighted by Crippen LogP contribution is -2.30. The molecule has 0 heterocycles. The second-order valence-electron chi connectivity index (χ2n) is 9.65. The predicted octanol–water partition coefficient (Wildman–Crippen LogP) is 7.10. The first-order valence-corrected chi connectivity index (χ1v) is 12.6. The molecule has 0 radical (unpaired) electrons. The standard InChI is InChI=1S/C27H40O4/c1-3-5-7-26(28)30-24-16-18-25(19-17-24)31-27(29)23-14-12-22(13-15-23)21-10-8-20(6-4-2)9-11-21/h16-23H,3-15H2,1-2H3. The van der Waals surface area contributed by atoms with Crippen LogP contribution in [0.3, 0.4) is 0 Å². The predicted molar refractivity (Wildman–Crippen MR) is 123 cm³/mol. The molecule has 4 heteroatoms. The molecule has 2 fully saturated rings. The summed E-state index contributed by atoms with van der Waals surface area (Å²) in [5.74, 6) is 3.33. The van der Waals surface area contributed by atoms with Gasteiger partial charge >= 0.3 is 11.9 Å². The first-order valence-electron chi connectivity index (χ1n) is 12.6. The van der Waals surface area contributed by atoms with Gasteiger partial charge in [0.05, 0.1) is 5.92 Å². The quantitative estimate of drug-likeness (QED) is 0.311. The monoisotopic (exact) mass is 428 g/mol. The Balaban J connectivity index is 1.39. The van der Waals surface area contributed by atoms with Crippen molar-refractivity contribution in [3.8, 4) is 11.5 Å². The molecule has 1 aromatic rings. The smallest absolute Gasteiger partial charge is 0.314 e. The van der Waals surface area contributed by atoms with Crippen LogP contribution in [-0.4, -0.2) is 11.9 Å². The highest BCUT2D eigenvalue weighted by Gasteiger charge is 2.33. The van der Waals surface area contributed by atoms with Crippen molar-refractivity contribution < 1.29 is 19.1 Å². The summed E-state index contributed by atoms with van der Waals surface area (Å²) in [5.41, 5.74) is 0. The average Bonchev–Trinajstić information content (AvgIpc) is 2.80. The Kier molecular flexibility index (Phi) is 9.42. The van der Waals surface area contributed by atoms with Gasteiger partial charge in [-0.3, -0.25) is 9.59 Å². The van der Waals surface area contributed by atoms with Crippen LogP contribution >= 0.6 is 0 Å². The zero-order chi connectivity index (χ0) is 22.1. The number of carbonyl (C=O) groups is 2. The molecule has 172 valence electrons. The molecule has 3 rings (SSSR count). The van der Waals surface area contributed by atoms with E-state index in [1.807, 2.05) is 6.92 Å². The number of unbranched alkanes of at least 4 members (excludes halogenated alkanes) is 1.